The molecule has 4 aliphatic carbocycles. The Hall–Kier alpha value is -1.69. The number of carbonyl (C=O) groups excluding carboxylic acids is 1. The lowest BCUT2D eigenvalue weighted by Gasteiger charge is -2.44. The minimum Gasteiger partial charge on any atom is -0.393 e. The second-order valence-corrected chi connectivity index (χ2v) is 13.7. The number of aliphatic hydroxyl groups is 3. The molecule has 0 spiro atoms. The SMILES string of the molecule is C=C1/C(=C\C=C2/CCC[C@@]3(C)C2CC[C@@H]3[C@H](C)/C=C/C(O)C2(C(=O)NCCCCCCC)CC2)C[C@@H](O)C[C@@H]1O. The summed E-state index contributed by atoms with van der Waals surface area (Å²) in [4.78, 5) is 12.9. The van der Waals surface area contributed by atoms with Crippen LogP contribution >= 0.6 is 0 Å². The van der Waals surface area contributed by atoms with Gasteiger partial charge in [-0.3, -0.25) is 4.79 Å². The summed E-state index contributed by atoms with van der Waals surface area (Å²) in [6.45, 7) is 11.7. The Morgan fingerprint density at radius 2 is 1.85 bits per heavy atom. The number of unbranched alkanes of at least 4 members (excludes halogenated alkanes) is 4. The van der Waals surface area contributed by atoms with E-state index >= 15 is 0 Å². The van der Waals surface area contributed by atoms with Crippen LogP contribution in [-0.2, 0) is 4.79 Å². The standard InChI is InChI=1S/C35H55NO4/c1-5-6-7-8-9-21-36-33(40)35(19-20-35)32(39)17-12-24(2)29-15-16-30-26(11-10-18-34(29,30)4)13-14-27-22-28(37)23-31(38)25(27)3/h12-14,17,24,28-32,37-39H,3,5-11,15-16,18-23H2,1-2,4H3,(H,36,40)/b17-12+,26-13+,27-14-/t24-,28-,29-,30?,31+,32?,34-/m1/s1. The van der Waals surface area contributed by atoms with Gasteiger partial charge in [0.25, 0.3) is 0 Å². The number of carbonyl (C=O) groups is 1. The zero-order valence-corrected chi connectivity index (χ0v) is 25.3. The second-order valence-electron chi connectivity index (χ2n) is 13.7. The van der Waals surface area contributed by atoms with Crippen molar-refractivity contribution < 1.29 is 20.1 Å². The summed E-state index contributed by atoms with van der Waals surface area (Å²) >= 11 is 0. The summed E-state index contributed by atoms with van der Waals surface area (Å²) in [6.07, 6.45) is 20.8. The average molecular weight is 554 g/mol. The lowest BCUT2D eigenvalue weighted by atomic mass is 9.61. The maximum atomic E-state index is 12.9. The monoisotopic (exact) mass is 553 g/mol. The van der Waals surface area contributed by atoms with Crippen LogP contribution in [0, 0.1) is 28.6 Å². The third-order valence-corrected chi connectivity index (χ3v) is 10.9. The Labute approximate surface area is 242 Å². The quantitative estimate of drug-likeness (QED) is 0.163. The molecule has 4 fully saturated rings. The molecular formula is C35H55NO4. The van der Waals surface area contributed by atoms with Crippen molar-refractivity contribution in [2.45, 2.75) is 129 Å². The number of aliphatic hydroxyl groups excluding tert-OH is 3. The molecule has 224 valence electrons. The highest BCUT2D eigenvalue weighted by Crippen LogP contribution is 2.59. The highest BCUT2D eigenvalue weighted by atomic mass is 16.3. The topological polar surface area (TPSA) is 89.8 Å². The number of allylic oxidation sites excluding steroid dienone is 4. The highest BCUT2D eigenvalue weighted by Gasteiger charge is 2.55. The summed E-state index contributed by atoms with van der Waals surface area (Å²) in [5.74, 6) is 1.44. The Kier molecular flexibility index (Phi) is 10.6. The molecule has 4 N–H and O–H groups in total. The summed E-state index contributed by atoms with van der Waals surface area (Å²) in [6, 6.07) is 0. The highest BCUT2D eigenvalue weighted by molar-refractivity contribution is 5.86. The van der Waals surface area contributed by atoms with Crippen LogP contribution in [0.25, 0.3) is 0 Å². The third kappa shape index (κ3) is 6.85. The fourth-order valence-corrected chi connectivity index (χ4v) is 8.11. The zero-order valence-electron chi connectivity index (χ0n) is 25.3. The average Bonchev–Trinajstić information content (AvgIpc) is 3.66. The smallest absolute Gasteiger partial charge is 0.229 e. The molecule has 40 heavy (non-hydrogen) atoms. The maximum Gasteiger partial charge on any atom is 0.229 e. The first-order valence-corrected chi connectivity index (χ1v) is 16.2. The fraction of sp³-hybridized carbons (Fsp3) is 0.743. The first-order chi connectivity index (χ1) is 19.1. The molecule has 5 heteroatoms. The molecule has 0 aliphatic heterocycles. The molecule has 4 rings (SSSR count). The molecule has 0 aromatic heterocycles. The van der Waals surface area contributed by atoms with Crippen LogP contribution < -0.4 is 5.32 Å². The number of hydrogen-bond acceptors (Lipinski definition) is 4. The van der Waals surface area contributed by atoms with Crippen LogP contribution in [0.1, 0.15) is 111 Å². The minimum absolute atomic E-state index is 0.0255. The van der Waals surface area contributed by atoms with Crippen LogP contribution in [0.15, 0.2) is 47.6 Å². The van der Waals surface area contributed by atoms with E-state index in [1.54, 1.807) is 0 Å². The number of hydrogen-bond donors (Lipinski definition) is 4. The van der Waals surface area contributed by atoms with Gasteiger partial charge in [-0.25, -0.2) is 0 Å². The van der Waals surface area contributed by atoms with E-state index < -0.39 is 23.7 Å². The van der Waals surface area contributed by atoms with Crippen LogP contribution in [0.4, 0.5) is 0 Å². The lowest BCUT2D eigenvalue weighted by Crippen LogP contribution is -2.39. The Balaban J connectivity index is 1.35. The van der Waals surface area contributed by atoms with Crippen LogP contribution in [0.3, 0.4) is 0 Å². The largest absolute Gasteiger partial charge is 0.393 e. The molecular weight excluding hydrogens is 498 g/mol. The summed E-state index contributed by atoms with van der Waals surface area (Å²) in [5, 5.41) is 34.5. The van der Waals surface area contributed by atoms with E-state index in [1.807, 2.05) is 6.08 Å². The van der Waals surface area contributed by atoms with Crippen molar-refractivity contribution in [2.75, 3.05) is 6.54 Å². The molecule has 2 unspecified atom stereocenters. The van der Waals surface area contributed by atoms with Crippen molar-refractivity contribution in [1.82, 2.24) is 5.32 Å². The predicted octanol–water partition coefficient (Wildman–Crippen LogP) is 6.55. The molecule has 4 saturated carbocycles. The van der Waals surface area contributed by atoms with Gasteiger partial charge in [0.1, 0.15) is 0 Å². The molecule has 5 nitrogen and oxygen atoms in total. The first-order valence-electron chi connectivity index (χ1n) is 16.2. The Morgan fingerprint density at radius 1 is 1.10 bits per heavy atom. The van der Waals surface area contributed by atoms with Crippen molar-refractivity contribution in [3.63, 3.8) is 0 Å². The lowest BCUT2D eigenvalue weighted by molar-refractivity contribution is -0.129. The van der Waals surface area contributed by atoms with Gasteiger partial charge in [0.2, 0.25) is 5.91 Å². The van der Waals surface area contributed by atoms with Crippen LogP contribution in [-0.4, -0.2) is 46.1 Å². The maximum absolute atomic E-state index is 12.9. The summed E-state index contributed by atoms with van der Waals surface area (Å²) < 4.78 is 0. The zero-order chi connectivity index (χ0) is 28.9. The number of nitrogens with one attached hydrogen (secondary N) is 1. The van der Waals surface area contributed by atoms with E-state index in [2.05, 4.69) is 50.9 Å². The van der Waals surface area contributed by atoms with E-state index in [4.69, 9.17) is 0 Å². The molecule has 0 radical (unpaired) electrons. The van der Waals surface area contributed by atoms with Crippen molar-refractivity contribution in [2.24, 2.45) is 28.6 Å². The van der Waals surface area contributed by atoms with Gasteiger partial charge in [-0.15, -0.1) is 0 Å². The molecule has 0 saturated heterocycles. The van der Waals surface area contributed by atoms with Crippen LogP contribution in [0.5, 0.6) is 0 Å². The molecule has 0 bridgehead atoms. The van der Waals surface area contributed by atoms with E-state index in [-0.39, 0.29) is 11.3 Å². The van der Waals surface area contributed by atoms with Crippen molar-refractivity contribution >= 4 is 5.91 Å². The fourth-order valence-electron chi connectivity index (χ4n) is 8.11. The first kappa shape index (κ1) is 31.3. The van der Waals surface area contributed by atoms with Gasteiger partial charge in [-0.2, -0.15) is 0 Å². The van der Waals surface area contributed by atoms with Gasteiger partial charge in [0.15, 0.2) is 0 Å². The van der Waals surface area contributed by atoms with Gasteiger partial charge in [-0.05, 0) is 92.1 Å². The van der Waals surface area contributed by atoms with Crippen molar-refractivity contribution in [3.8, 4) is 0 Å². The molecule has 0 aromatic rings. The van der Waals surface area contributed by atoms with Gasteiger partial charge in [-0.1, -0.05) is 82.9 Å². The van der Waals surface area contributed by atoms with Gasteiger partial charge >= 0.3 is 0 Å². The second kappa shape index (κ2) is 13.5. The predicted molar refractivity (Wildman–Crippen MR) is 162 cm³/mol. The van der Waals surface area contributed by atoms with Crippen molar-refractivity contribution in [3.05, 3.63) is 47.6 Å². The van der Waals surface area contributed by atoms with E-state index in [9.17, 15) is 20.1 Å². The van der Waals surface area contributed by atoms with Gasteiger partial charge in [0.05, 0.1) is 23.7 Å². The van der Waals surface area contributed by atoms with E-state index in [0.717, 1.165) is 43.3 Å². The molecule has 0 aromatic carbocycles. The molecule has 4 aliphatic rings. The molecule has 7 atom stereocenters. The Bertz CT molecular complexity index is 991. The van der Waals surface area contributed by atoms with E-state index in [1.165, 1.54) is 50.5 Å². The van der Waals surface area contributed by atoms with E-state index in [0.29, 0.717) is 37.1 Å². The summed E-state index contributed by atoms with van der Waals surface area (Å²) in [5.41, 5.74) is 2.80. The number of rotatable bonds is 12. The number of fused-ring (bicyclic) bond motifs is 1. The number of amides is 1. The molecule has 0 heterocycles. The third-order valence-electron chi connectivity index (χ3n) is 10.9. The van der Waals surface area contributed by atoms with Gasteiger partial charge in [0, 0.05) is 13.0 Å². The Morgan fingerprint density at radius 3 is 2.58 bits per heavy atom. The normalized spacial score (nSPS) is 35.2. The van der Waals surface area contributed by atoms with Crippen LogP contribution in [0.2, 0.25) is 0 Å². The van der Waals surface area contributed by atoms with Gasteiger partial charge < -0.3 is 20.6 Å². The minimum atomic E-state index is -0.720. The van der Waals surface area contributed by atoms with Crippen molar-refractivity contribution in [1.29, 1.82) is 0 Å². The summed E-state index contributed by atoms with van der Waals surface area (Å²) in [7, 11) is 0. The molecule has 1 amide bonds.